The Kier molecular flexibility index (Phi) is 3.82. The summed E-state index contributed by atoms with van der Waals surface area (Å²) in [6.45, 7) is 5.23. The topological polar surface area (TPSA) is 29.9 Å². The van der Waals surface area contributed by atoms with Gasteiger partial charge in [-0.2, -0.15) is 0 Å². The van der Waals surface area contributed by atoms with Crippen LogP contribution in [0, 0.1) is 0 Å². The van der Waals surface area contributed by atoms with Crippen molar-refractivity contribution in [1.82, 2.24) is 4.98 Å². The van der Waals surface area contributed by atoms with Crippen LogP contribution < -0.4 is 4.57 Å². The number of oxazole rings is 1. The highest BCUT2D eigenvalue weighted by molar-refractivity contribution is 5.60. The van der Waals surface area contributed by atoms with Crippen molar-refractivity contribution < 1.29 is 8.98 Å². The van der Waals surface area contributed by atoms with Gasteiger partial charge in [-0.1, -0.05) is 31.2 Å². The van der Waals surface area contributed by atoms with Crippen LogP contribution in [0.3, 0.4) is 0 Å². The molecule has 0 aliphatic heterocycles. The predicted octanol–water partition coefficient (Wildman–Crippen LogP) is 3.88. The molecular formula is C18H19N2O+. The Balaban J connectivity index is 1.87. The van der Waals surface area contributed by atoms with E-state index < -0.39 is 0 Å². The SMILES string of the molecule is CCc1ccc(-c2cnc(-c3cc[n+](CC)cc3)o2)cc1. The Hall–Kier alpha value is -2.42. The van der Waals surface area contributed by atoms with Gasteiger partial charge in [0.25, 0.3) is 0 Å². The summed E-state index contributed by atoms with van der Waals surface area (Å²) in [5.41, 5.74) is 3.38. The molecule has 106 valence electrons. The van der Waals surface area contributed by atoms with Crippen LogP contribution in [0.25, 0.3) is 22.8 Å². The summed E-state index contributed by atoms with van der Waals surface area (Å²) in [7, 11) is 0. The fraction of sp³-hybridized carbons (Fsp3) is 0.222. The minimum absolute atomic E-state index is 0.660. The Morgan fingerprint density at radius 3 is 2.29 bits per heavy atom. The highest BCUT2D eigenvalue weighted by Gasteiger charge is 2.09. The van der Waals surface area contributed by atoms with Crippen LogP contribution in [-0.2, 0) is 13.0 Å². The van der Waals surface area contributed by atoms with Crippen LogP contribution in [0.2, 0.25) is 0 Å². The Bertz CT molecular complexity index is 650. The van der Waals surface area contributed by atoms with Crippen molar-refractivity contribution in [3.8, 4) is 22.8 Å². The minimum atomic E-state index is 0.660. The molecular weight excluding hydrogens is 260 g/mol. The molecule has 0 N–H and O–H groups in total. The standard InChI is InChI=1S/C18H19N2O/c1-3-14-5-7-15(8-6-14)17-13-19-18(21-17)16-9-11-20(4-2)12-10-16/h5-13H,3-4H2,1-2H3/q+1. The van der Waals surface area contributed by atoms with E-state index in [0.29, 0.717) is 5.89 Å². The first-order valence-corrected chi connectivity index (χ1v) is 7.34. The molecule has 3 heteroatoms. The monoisotopic (exact) mass is 279 g/mol. The quantitative estimate of drug-likeness (QED) is 0.678. The molecule has 2 heterocycles. The molecule has 0 spiro atoms. The summed E-state index contributed by atoms with van der Waals surface area (Å²) >= 11 is 0. The van der Waals surface area contributed by atoms with Gasteiger partial charge in [-0.25, -0.2) is 9.55 Å². The number of benzene rings is 1. The average Bonchev–Trinajstić information content (AvgIpc) is 3.05. The van der Waals surface area contributed by atoms with Crippen molar-refractivity contribution in [2.24, 2.45) is 0 Å². The van der Waals surface area contributed by atoms with Crippen LogP contribution in [0.15, 0.2) is 59.4 Å². The lowest BCUT2D eigenvalue weighted by Gasteiger charge is -1.99. The zero-order valence-corrected chi connectivity index (χ0v) is 12.4. The number of nitrogens with zero attached hydrogens (tertiary/aromatic N) is 2. The highest BCUT2D eigenvalue weighted by Crippen LogP contribution is 2.25. The molecule has 0 aliphatic carbocycles. The third kappa shape index (κ3) is 2.87. The first-order valence-electron chi connectivity index (χ1n) is 7.34. The summed E-state index contributed by atoms with van der Waals surface area (Å²) in [5.74, 6) is 1.47. The normalized spacial score (nSPS) is 10.8. The van der Waals surface area contributed by atoms with Gasteiger partial charge in [0, 0.05) is 23.3 Å². The number of hydrogen-bond acceptors (Lipinski definition) is 2. The molecule has 0 unspecified atom stereocenters. The van der Waals surface area contributed by atoms with Gasteiger partial charge in [-0.15, -0.1) is 0 Å². The second-order valence-corrected chi connectivity index (χ2v) is 5.00. The maximum absolute atomic E-state index is 5.88. The predicted molar refractivity (Wildman–Crippen MR) is 82.6 cm³/mol. The molecule has 0 saturated heterocycles. The zero-order valence-electron chi connectivity index (χ0n) is 12.4. The number of hydrogen-bond donors (Lipinski definition) is 0. The molecule has 2 aromatic heterocycles. The molecule has 0 radical (unpaired) electrons. The van der Waals surface area contributed by atoms with Gasteiger partial charge in [0.05, 0.1) is 6.20 Å². The molecule has 0 atom stereocenters. The number of rotatable bonds is 4. The van der Waals surface area contributed by atoms with E-state index in [1.54, 1.807) is 6.20 Å². The Morgan fingerprint density at radius 2 is 1.67 bits per heavy atom. The lowest BCUT2D eigenvalue weighted by atomic mass is 10.1. The van der Waals surface area contributed by atoms with Gasteiger partial charge in [-0.3, -0.25) is 0 Å². The van der Waals surface area contributed by atoms with Crippen molar-refractivity contribution in [1.29, 1.82) is 0 Å². The Morgan fingerprint density at radius 1 is 0.952 bits per heavy atom. The second kappa shape index (κ2) is 5.92. The van der Waals surface area contributed by atoms with Gasteiger partial charge in [0.1, 0.15) is 6.54 Å². The smallest absolute Gasteiger partial charge is 0.227 e. The first kappa shape index (κ1) is 13.6. The van der Waals surface area contributed by atoms with Crippen molar-refractivity contribution in [3.63, 3.8) is 0 Å². The summed E-state index contributed by atoms with van der Waals surface area (Å²) in [5, 5.41) is 0. The van der Waals surface area contributed by atoms with Crippen molar-refractivity contribution in [3.05, 3.63) is 60.6 Å². The summed E-state index contributed by atoms with van der Waals surface area (Å²) in [6.07, 6.45) is 6.91. The zero-order chi connectivity index (χ0) is 14.7. The number of aryl methyl sites for hydroxylation is 2. The lowest BCUT2D eigenvalue weighted by Crippen LogP contribution is -2.30. The van der Waals surface area contributed by atoms with Crippen molar-refractivity contribution in [2.75, 3.05) is 0 Å². The third-order valence-corrected chi connectivity index (χ3v) is 3.66. The van der Waals surface area contributed by atoms with Crippen LogP contribution in [-0.4, -0.2) is 4.98 Å². The molecule has 0 aliphatic rings. The van der Waals surface area contributed by atoms with E-state index in [9.17, 15) is 0 Å². The minimum Gasteiger partial charge on any atom is -0.436 e. The van der Waals surface area contributed by atoms with E-state index in [1.165, 1.54) is 5.56 Å². The highest BCUT2D eigenvalue weighted by atomic mass is 16.4. The molecule has 3 rings (SSSR count). The molecule has 0 saturated carbocycles. The van der Waals surface area contributed by atoms with Crippen LogP contribution in [0.1, 0.15) is 19.4 Å². The molecule has 21 heavy (non-hydrogen) atoms. The van der Waals surface area contributed by atoms with E-state index in [2.05, 4.69) is 47.7 Å². The number of aromatic nitrogens is 2. The van der Waals surface area contributed by atoms with E-state index in [4.69, 9.17) is 4.42 Å². The van der Waals surface area contributed by atoms with Crippen LogP contribution in [0.5, 0.6) is 0 Å². The second-order valence-electron chi connectivity index (χ2n) is 5.00. The van der Waals surface area contributed by atoms with E-state index in [1.807, 2.05) is 24.5 Å². The fourth-order valence-electron chi connectivity index (χ4n) is 2.26. The van der Waals surface area contributed by atoms with Gasteiger partial charge >= 0.3 is 0 Å². The van der Waals surface area contributed by atoms with Gasteiger partial charge in [-0.05, 0) is 18.9 Å². The first-order chi connectivity index (χ1) is 10.3. The average molecular weight is 279 g/mol. The molecule has 0 amide bonds. The van der Waals surface area contributed by atoms with Gasteiger partial charge < -0.3 is 4.42 Å². The fourth-order valence-corrected chi connectivity index (χ4v) is 2.26. The van der Waals surface area contributed by atoms with Crippen molar-refractivity contribution >= 4 is 0 Å². The lowest BCUT2D eigenvalue weighted by molar-refractivity contribution is -0.693. The molecule has 3 nitrogen and oxygen atoms in total. The third-order valence-electron chi connectivity index (χ3n) is 3.66. The van der Waals surface area contributed by atoms with Gasteiger partial charge in [0.15, 0.2) is 18.2 Å². The summed E-state index contributed by atoms with van der Waals surface area (Å²) < 4.78 is 7.99. The molecule has 3 aromatic rings. The van der Waals surface area contributed by atoms with E-state index in [0.717, 1.165) is 29.9 Å². The largest absolute Gasteiger partial charge is 0.436 e. The van der Waals surface area contributed by atoms with Crippen molar-refractivity contribution in [2.45, 2.75) is 26.8 Å². The van der Waals surface area contributed by atoms with Crippen LogP contribution in [0.4, 0.5) is 0 Å². The molecule has 0 bridgehead atoms. The Labute approximate surface area is 124 Å². The maximum atomic E-state index is 5.88. The van der Waals surface area contributed by atoms with E-state index >= 15 is 0 Å². The molecule has 0 fully saturated rings. The van der Waals surface area contributed by atoms with E-state index in [-0.39, 0.29) is 0 Å². The summed E-state index contributed by atoms with van der Waals surface area (Å²) in [6, 6.07) is 12.5. The van der Waals surface area contributed by atoms with Gasteiger partial charge in [0.2, 0.25) is 5.89 Å². The summed E-state index contributed by atoms with van der Waals surface area (Å²) in [4.78, 5) is 4.38. The van der Waals surface area contributed by atoms with Crippen LogP contribution >= 0.6 is 0 Å². The maximum Gasteiger partial charge on any atom is 0.227 e. The molecule has 1 aromatic carbocycles. The number of pyridine rings is 1.